The predicted molar refractivity (Wildman–Crippen MR) is 97.4 cm³/mol. The Bertz CT molecular complexity index is 665. The normalized spacial score (nSPS) is 17.2. The second kappa shape index (κ2) is 8.50. The Morgan fingerprint density at radius 1 is 1.24 bits per heavy atom. The molecule has 1 saturated heterocycles. The average molecular weight is 343 g/mol. The van der Waals surface area contributed by atoms with E-state index in [1.54, 1.807) is 13.3 Å². The Morgan fingerprint density at radius 3 is 2.80 bits per heavy atom. The maximum Gasteiger partial charge on any atom is 0.247 e. The lowest BCUT2D eigenvalue weighted by atomic mass is 10.0. The molecule has 1 unspecified atom stereocenters. The monoisotopic (exact) mass is 343 g/mol. The smallest absolute Gasteiger partial charge is 0.247 e. The molecule has 1 N–H and O–H groups in total. The molecular weight excluding hydrogens is 318 g/mol. The summed E-state index contributed by atoms with van der Waals surface area (Å²) >= 11 is 0. The highest BCUT2D eigenvalue weighted by Crippen LogP contribution is 2.20. The van der Waals surface area contributed by atoms with Crippen LogP contribution in [0.4, 0.5) is 11.8 Å². The van der Waals surface area contributed by atoms with Crippen molar-refractivity contribution in [1.82, 2.24) is 15.2 Å². The summed E-state index contributed by atoms with van der Waals surface area (Å²) in [5, 5.41) is 11.5. The molecule has 134 valence electrons. The molecule has 1 atom stereocenters. The third kappa shape index (κ3) is 4.95. The maximum atomic E-state index is 5.70. The zero-order chi connectivity index (χ0) is 17.5. The van der Waals surface area contributed by atoms with Crippen LogP contribution in [0.5, 0.6) is 11.5 Å². The molecule has 3 rings (SSSR count). The summed E-state index contributed by atoms with van der Waals surface area (Å²) in [7, 11) is 1.65. The van der Waals surface area contributed by atoms with E-state index >= 15 is 0 Å². The van der Waals surface area contributed by atoms with Crippen molar-refractivity contribution < 1.29 is 9.47 Å². The molecule has 0 spiro atoms. The van der Waals surface area contributed by atoms with Gasteiger partial charge in [-0.3, -0.25) is 0 Å². The fraction of sp³-hybridized carbons (Fsp3) is 0.500. The SMILES string of the molecule is COc1ccc(OCCNc2cnnc(N3CCCC(C)C3)n2)cc1. The molecule has 1 aliphatic heterocycles. The van der Waals surface area contributed by atoms with E-state index in [1.165, 1.54) is 12.8 Å². The van der Waals surface area contributed by atoms with Crippen molar-refractivity contribution in [3.05, 3.63) is 30.5 Å². The Balaban J connectivity index is 1.47. The van der Waals surface area contributed by atoms with Gasteiger partial charge in [0.15, 0.2) is 5.82 Å². The highest BCUT2D eigenvalue weighted by atomic mass is 16.5. The van der Waals surface area contributed by atoms with Gasteiger partial charge in [-0.1, -0.05) is 6.92 Å². The molecule has 0 bridgehead atoms. The predicted octanol–water partition coefficient (Wildman–Crippen LogP) is 2.61. The topological polar surface area (TPSA) is 72.4 Å². The zero-order valence-corrected chi connectivity index (χ0v) is 14.8. The van der Waals surface area contributed by atoms with E-state index < -0.39 is 0 Å². The van der Waals surface area contributed by atoms with Gasteiger partial charge in [0.05, 0.1) is 19.9 Å². The summed E-state index contributed by atoms with van der Waals surface area (Å²) in [6.45, 7) is 5.42. The van der Waals surface area contributed by atoms with Gasteiger partial charge in [-0.25, -0.2) is 0 Å². The van der Waals surface area contributed by atoms with Gasteiger partial charge in [0.1, 0.15) is 18.1 Å². The van der Waals surface area contributed by atoms with Crippen LogP contribution in [0.15, 0.2) is 30.5 Å². The van der Waals surface area contributed by atoms with Gasteiger partial charge in [0, 0.05) is 13.1 Å². The van der Waals surface area contributed by atoms with Crippen molar-refractivity contribution in [1.29, 1.82) is 0 Å². The first-order chi connectivity index (χ1) is 12.2. The third-order valence-corrected chi connectivity index (χ3v) is 4.22. The molecule has 0 aliphatic carbocycles. The average Bonchev–Trinajstić information content (AvgIpc) is 2.66. The number of hydrogen-bond donors (Lipinski definition) is 1. The summed E-state index contributed by atoms with van der Waals surface area (Å²) < 4.78 is 10.8. The highest BCUT2D eigenvalue weighted by molar-refractivity contribution is 5.39. The molecule has 0 radical (unpaired) electrons. The number of aromatic nitrogens is 3. The van der Waals surface area contributed by atoms with Gasteiger partial charge in [-0.05, 0) is 43.0 Å². The van der Waals surface area contributed by atoms with Crippen LogP contribution >= 0.6 is 0 Å². The van der Waals surface area contributed by atoms with Crippen molar-refractivity contribution in [2.75, 3.05) is 43.6 Å². The summed E-state index contributed by atoms with van der Waals surface area (Å²) in [6, 6.07) is 7.54. The number of piperidine rings is 1. The van der Waals surface area contributed by atoms with Crippen molar-refractivity contribution >= 4 is 11.8 Å². The molecule has 1 aromatic heterocycles. The maximum absolute atomic E-state index is 5.70. The molecule has 1 aliphatic rings. The van der Waals surface area contributed by atoms with E-state index in [4.69, 9.17) is 9.47 Å². The zero-order valence-electron chi connectivity index (χ0n) is 14.8. The lowest BCUT2D eigenvalue weighted by molar-refractivity contribution is 0.331. The minimum absolute atomic E-state index is 0.534. The summed E-state index contributed by atoms with van der Waals surface area (Å²) in [5.41, 5.74) is 0. The quantitative estimate of drug-likeness (QED) is 0.775. The Hall–Kier alpha value is -2.57. The number of hydrogen-bond acceptors (Lipinski definition) is 7. The first-order valence-corrected chi connectivity index (χ1v) is 8.70. The van der Waals surface area contributed by atoms with Crippen molar-refractivity contribution in [2.24, 2.45) is 5.92 Å². The number of methoxy groups -OCH3 is 1. The second-order valence-electron chi connectivity index (χ2n) is 6.29. The standard InChI is InChI=1S/C18H25N5O2/c1-14-4-3-10-23(13-14)18-21-17(12-20-22-18)19-9-11-25-16-7-5-15(24-2)6-8-16/h5-8,12,14H,3-4,9-11,13H2,1-2H3,(H,19,21,22). The van der Waals surface area contributed by atoms with Crippen LogP contribution in [-0.4, -0.2) is 48.5 Å². The lowest BCUT2D eigenvalue weighted by Crippen LogP contribution is -2.35. The summed E-state index contributed by atoms with van der Waals surface area (Å²) in [5.74, 6) is 3.73. The first kappa shape index (κ1) is 17.3. The number of anilines is 2. The van der Waals surface area contributed by atoms with Crippen LogP contribution in [0.2, 0.25) is 0 Å². The van der Waals surface area contributed by atoms with Crippen molar-refractivity contribution in [3.63, 3.8) is 0 Å². The van der Waals surface area contributed by atoms with Crippen LogP contribution in [0, 0.1) is 5.92 Å². The Kier molecular flexibility index (Phi) is 5.87. The van der Waals surface area contributed by atoms with Gasteiger partial charge in [-0.2, -0.15) is 10.1 Å². The van der Waals surface area contributed by atoms with Crippen molar-refractivity contribution in [2.45, 2.75) is 19.8 Å². The molecule has 0 amide bonds. The molecule has 25 heavy (non-hydrogen) atoms. The summed E-state index contributed by atoms with van der Waals surface area (Å²) in [4.78, 5) is 6.78. The Morgan fingerprint density at radius 2 is 2.04 bits per heavy atom. The van der Waals surface area contributed by atoms with E-state index in [2.05, 4.69) is 32.3 Å². The van der Waals surface area contributed by atoms with Gasteiger partial charge in [0.25, 0.3) is 0 Å². The molecular formula is C18H25N5O2. The van der Waals surface area contributed by atoms with Gasteiger partial charge in [-0.15, -0.1) is 5.10 Å². The highest BCUT2D eigenvalue weighted by Gasteiger charge is 2.19. The number of rotatable bonds is 7. The van der Waals surface area contributed by atoms with Crippen molar-refractivity contribution in [3.8, 4) is 11.5 Å². The van der Waals surface area contributed by atoms with Crippen LogP contribution in [-0.2, 0) is 0 Å². The molecule has 7 heteroatoms. The molecule has 0 saturated carbocycles. The van der Waals surface area contributed by atoms with Gasteiger partial charge < -0.3 is 19.7 Å². The van der Waals surface area contributed by atoms with Crippen LogP contribution in [0.25, 0.3) is 0 Å². The number of nitrogens with one attached hydrogen (secondary N) is 1. The van der Waals surface area contributed by atoms with E-state index in [-0.39, 0.29) is 0 Å². The minimum atomic E-state index is 0.534. The van der Waals surface area contributed by atoms with E-state index in [0.29, 0.717) is 25.0 Å². The summed E-state index contributed by atoms with van der Waals surface area (Å²) in [6.07, 6.45) is 4.09. The molecule has 1 fully saturated rings. The number of nitrogens with zero attached hydrogens (tertiary/aromatic N) is 4. The second-order valence-corrected chi connectivity index (χ2v) is 6.29. The van der Waals surface area contributed by atoms with Gasteiger partial charge in [0.2, 0.25) is 5.95 Å². The van der Waals surface area contributed by atoms with E-state index in [9.17, 15) is 0 Å². The molecule has 1 aromatic carbocycles. The Labute approximate surface area is 148 Å². The molecule has 2 heterocycles. The van der Waals surface area contributed by atoms with E-state index in [1.807, 2.05) is 24.3 Å². The van der Waals surface area contributed by atoms with Crippen LogP contribution in [0.1, 0.15) is 19.8 Å². The molecule has 7 nitrogen and oxygen atoms in total. The fourth-order valence-electron chi connectivity index (χ4n) is 2.90. The lowest BCUT2D eigenvalue weighted by Gasteiger charge is -2.30. The third-order valence-electron chi connectivity index (χ3n) is 4.22. The first-order valence-electron chi connectivity index (χ1n) is 8.70. The minimum Gasteiger partial charge on any atom is -0.497 e. The number of benzene rings is 1. The molecule has 2 aromatic rings. The van der Waals surface area contributed by atoms with Crippen LogP contribution < -0.4 is 19.7 Å². The van der Waals surface area contributed by atoms with Gasteiger partial charge >= 0.3 is 0 Å². The largest absolute Gasteiger partial charge is 0.497 e. The number of ether oxygens (including phenoxy) is 2. The van der Waals surface area contributed by atoms with Crippen LogP contribution in [0.3, 0.4) is 0 Å². The van der Waals surface area contributed by atoms with E-state index in [0.717, 1.165) is 30.4 Å². The fourth-order valence-corrected chi connectivity index (χ4v) is 2.90.